The molecule has 0 unspecified atom stereocenters. The lowest BCUT2D eigenvalue weighted by Crippen LogP contribution is -2.38. The molecule has 0 spiro atoms. The fourth-order valence-electron chi connectivity index (χ4n) is 2.35. The third-order valence-electron chi connectivity index (χ3n) is 3.20. The van der Waals surface area contributed by atoms with E-state index in [1.54, 1.807) is 0 Å². The van der Waals surface area contributed by atoms with Crippen molar-refractivity contribution in [2.45, 2.75) is 19.6 Å². The highest BCUT2D eigenvalue weighted by molar-refractivity contribution is 6.90. The molecule has 2 heterocycles. The quantitative estimate of drug-likeness (QED) is 0.598. The van der Waals surface area contributed by atoms with Crippen molar-refractivity contribution in [1.82, 2.24) is 9.38 Å². The number of pyridine rings is 1. The first-order valence-corrected chi connectivity index (χ1v) is 9.42. The SMILES string of the molecule is C[Si](C)(C)c1cn2ccnc2c2ccccc12. The molecule has 0 N–H and O–H groups in total. The Morgan fingerprint density at radius 2 is 1.76 bits per heavy atom. The fraction of sp³-hybridized carbons (Fsp3) is 0.214. The van der Waals surface area contributed by atoms with Gasteiger partial charge < -0.3 is 4.40 Å². The van der Waals surface area contributed by atoms with Crippen LogP contribution in [0.15, 0.2) is 42.9 Å². The van der Waals surface area contributed by atoms with E-state index in [2.05, 4.69) is 59.5 Å². The topological polar surface area (TPSA) is 17.3 Å². The van der Waals surface area contributed by atoms with E-state index >= 15 is 0 Å². The van der Waals surface area contributed by atoms with Crippen molar-refractivity contribution >= 4 is 29.7 Å². The molecule has 17 heavy (non-hydrogen) atoms. The van der Waals surface area contributed by atoms with E-state index in [4.69, 9.17) is 0 Å². The highest BCUT2D eigenvalue weighted by Crippen LogP contribution is 2.19. The normalized spacial score (nSPS) is 12.4. The highest BCUT2D eigenvalue weighted by atomic mass is 28.3. The minimum Gasteiger partial charge on any atom is -0.307 e. The zero-order valence-corrected chi connectivity index (χ0v) is 11.4. The Labute approximate surface area is 102 Å². The number of aromatic nitrogens is 2. The number of fused-ring (bicyclic) bond motifs is 3. The summed E-state index contributed by atoms with van der Waals surface area (Å²) >= 11 is 0. The molecule has 2 nitrogen and oxygen atoms in total. The van der Waals surface area contributed by atoms with Gasteiger partial charge in [-0.25, -0.2) is 4.98 Å². The minimum absolute atomic E-state index is 1.06. The smallest absolute Gasteiger partial charge is 0.144 e. The van der Waals surface area contributed by atoms with Gasteiger partial charge in [-0.1, -0.05) is 43.9 Å². The van der Waals surface area contributed by atoms with Gasteiger partial charge in [0.05, 0.1) is 8.07 Å². The van der Waals surface area contributed by atoms with Crippen LogP contribution in [-0.2, 0) is 0 Å². The maximum absolute atomic E-state index is 4.45. The van der Waals surface area contributed by atoms with Crippen molar-refractivity contribution in [3.05, 3.63) is 42.9 Å². The molecular weight excluding hydrogens is 224 g/mol. The maximum Gasteiger partial charge on any atom is 0.144 e. The lowest BCUT2D eigenvalue weighted by atomic mass is 10.2. The Morgan fingerprint density at radius 1 is 1.06 bits per heavy atom. The van der Waals surface area contributed by atoms with Crippen LogP contribution in [0.5, 0.6) is 0 Å². The number of hydrogen-bond donors (Lipinski definition) is 0. The third kappa shape index (κ3) is 1.58. The summed E-state index contributed by atoms with van der Waals surface area (Å²) in [6, 6.07) is 8.59. The number of hydrogen-bond acceptors (Lipinski definition) is 1. The maximum atomic E-state index is 4.45. The molecule has 0 saturated heterocycles. The van der Waals surface area contributed by atoms with Gasteiger partial charge in [-0.3, -0.25) is 0 Å². The van der Waals surface area contributed by atoms with Crippen LogP contribution in [0.4, 0.5) is 0 Å². The van der Waals surface area contributed by atoms with Crippen LogP contribution >= 0.6 is 0 Å². The Bertz CT molecular complexity index is 692. The molecule has 0 atom stereocenters. The van der Waals surface area contributed by atoms with Gasteiger partial charge in [0.25, 0.3) is 0 Å². The zero-order valence-electron chi connectivity index (χ0n) is 10.4. The monoisotopic (exact) mass is 240 g/mol. The summed E-state index contributed by atoms with van der Waals surface area (Å²) in [6.07, 6.45) is 6.16. The van der Waals surface area contributed by atoms with Crippen molar-refractivity contribution in [3.63, 3.8) is 0 Å². The van der Waals surface area contributed by atoms with Crippen molar-refractivity contribution in [3.8, 4) is 0 Å². The summed E-state index contributed by atoms with van der Waals surface area (Å²) in [5.41, 5.74) is 1.06. The molecule has 0 radical (unpaired) electrons. The molecule has 3 rings (SSSR count). The Morgan fingerprint density at radius 3 is 2.47 bits per heavy atom. The van der Waals surface area contributed by atoms with Crippen LogP contribution in [0.1, 0.15) is 0 Å². The first kappa shape index (κ1) is 10.5. The molecule has 0 bridgehead atoms. The Kier molecular flexibility index (Phi) is 2.13. The van der Waals surface area contributed by atoms with Crippen molar-refractivity contribution in [2.75, 3.05) is 0 Å². The molecule has 0 saturated carbocycles. The molecule has 1 aromatic carbocycles. The number of rotatable bonds is 1. The van der Waals surface area contributed by atoms with Gasteiger partial charge >= 0.3 is 0 Å². The van der Waals surface area contributed by atoms with Crippen molar-refractivity contribution in [1.29, 1.82) is 0 Å². The molecule has 0 fully saturated rings. The van der Waals surface area contributed by atoms with Crippen LogP contribution in [0.25, 0.3) is 16.4 Å². The number of imidazole rings is 1. The van der Waals surface area contributed by atoms with Crippen LogP contribution in [0.3, 0.4) is 0 Å². The molecule has 0 aliphatic heterocycles. The van der Waals surface area contributed by atoms with E-state index in [0.717, 1.165) is 5.65 Å². The number of nitrogens with zero attached hydrogens (tertiary/aromatic N) is 2. The molecule has 0 aliphatic carbocycles. The average Bonchev–Trinajstić information content (AvgIpc) is 2.74. The predicted molar refractivity (Wildman–Crippen MR) is 75.7 cm³/mol. The second kappa shape index (κ2) is 3.44. The summed E-state index contributed by atoms with van der Waals surface area (Å²) in [5.74, 6) is 0. The van der Waals surface area contributed by atoms with E-state index in [1.807, 2.05) is 12.4 Å². The fourth-order valence-corrected chi connectivity index (χ4v) is 3.90. The lowest BCUT2D eigenvalue weighted by Gasteiger charge is -2.19. The van der Waals surface area contributed by atoms with E-state index in [1.165, 1.54) is 16.0 Å². The second-order valence-corrected chi connectivity index (χ2v) is 10.5. The Hall–Kier alpha value is -1.61. The average molecular weight is 240 g/mol. The lowest BCUT2D eigenvalue weighted by molar-refractivity contribution is 1.21. The van der Waals surface area contributed by atoms with Crippen LogP contribution in [0, 0.1) is 0 Å². The Balaban J connectivity index is 2.54. The zero-order chi connectivity index (χ0) is 12.0. The van der Waals surface area contributed by atoms with Crippen LogP contribution < -0.4 is 5.19 Å². The van der Waals surface area contributed by atoms with Gasteiger partial charge in [0, 0.05) is 24.0 Å². The van der Waals surface area contributed by atoms with Gasteiger partial charge in [0.15, 0.2) is 0 Å². The predicted octanol–water partition coefficient (Wildman–Crippen LogP) is 3.03. The number of benzene rings is 1. The molecule has 2 aromatic heterocycles. The highest BCUT2D eigenvalue weighted by Gasteiger charge is 2.20. The van der Waals surface area contributed by atoms with Gasteiger partial charge in [0.1, 0.15) is 5.65 Å². The van der Waals surface area contributed by atoms with Crippen molar-refractivity contribution < 1.29 is 0 Å². The summed E-state index contributed by atoms with van der Waals surface area (Å²) in [4.78, 5) is 4.45. The molecule has 3 heteroatoms. The molecule has 86 valence electrons. The molecule has 0 amide bonds. The molecular formula is C14H16N2Si. The van der Waals surface area contributed by atoms with Crippen LogP contribution in [0.2, 0.25) is 19.6 Å². The summed E-state index contributed by atoms with van der Waals surface area (Å²) in [5, 5.41) is 4.13. The van der Waals surface area contributed by atoms with Gasteiger partial charge in [0.2, 0.25) is 0 Å². The largest absolute Gasteiger partial charge is 0.307 e. The van der Waals surface area contributed by atoms with Gasteiger partial charge in [-0.15, -0.1) is 0 Å². The first-order valence-electron chi connectivity index (χ1n) is 5.92. The van der Waals surface area contributed by atoms with Gasteiger partial charge in [-0.2, -0.15) is 0 Å². The van der Waals surface area contributed by atoms with Gasteiger partial charge in [-0.05, 0) is 10.6 Å². The minimum atomic E-state index is -1.34. The molecule has 3 aromatic rings. The standard InChI is InChI=1S/C14H16N2Si/c1-17(2,3)13-10-16-9-8-15-14(16)12-7-5-4-6-11(12)13/h4-10H,1-3H3. The first-order chi connectivity index (χ1) is 8.07. The third-order valence-corrected chi connectivity index (χ3v) is 5.22. The summed E-state index contributed by atoms with van der Waals surface area (Å²) in [6.45, 7) is 7.16. The van der Waals surface area contributed by atoms with E-state index in [-0.39, 0.29) is 0 Å². The summed E-state index contributed by atoms with van der Waals surface area (Å²) < 4.78 is 2.15. The van der Waals surface area contributed by atoms with Crippen LogP contribution in [-0.4, -0.2) is 17.5 Å². The summed E-state index contributed by atoms with van der Waals surface area (Å²) in [7, 11) is -1.34. The van der Waals surface area contributed by atoms with E-state index in [9.17, 15) is 0 Å². The van der Waals surface area contributed by atoms with Crippen molar-refractivity contribution in [2.24, 2.45) is 0 Å². The molecule has 0 aliphatic rings. The second-order valence-electron chi connectivity index (χ2n) is 5.50. The van der Waals surface area contributed by atoms with E-state index in [0.29, 0.717) is 0 Å². The van der Waals surface area contributed by atoms with E-state index < -0.39 is 8.07 Å².